The molecule has 1 aromatic carbocycles. The molecule has 1 N–H and O–H groups in total. The van der Waals surface area contributed by atoms with Crippen molar-refractivity contribution in [2.24, 2.45) is 0 Å². The lowest BCUT2D eigenvalue weighted by atomic mass is 9.90. The molecule has 1 fully saturated rings. The fourth-order valence-corrected chi connectivity index (χ4v) is 4.05. The average molecular weight is 390 g/mol. The zero-order valence-electron chi connectivity index (χ0n) is 14.9. The predicted octanol–water partition coefficient (Wildman–Crippen LogP) is 4.29. The van der Waals surface area contributed by atoms with Crippen molar-refractivity contribution in [1.82, 2.24) is 10.2 Å². The smallest absolute Gasteiger partial charge is 0.310 e. The third kappa shape index (κ3) is 5.46. The third-order valence-corrected chi connectivity index (χ3v) is 5.51. The Labute approximate surface area is 161 Å². The van der Waals surface area contributed by atoms with E-state index >= 15 is 0 Å². The molecule has 1 amide bonds. The summed E-state index contributed by atoms with van der Waals surface area (Å²) < 4.78 is 5.44. The van der Waals surface area contributed by atoms with E-state index < -0.39 is 4.92 Å². The van der Waals surface area contributed by atoms with E-state index in [2.05, 4.69) is 15.5 Å². The number of nitrogens with zero attached hydrogens (tertiary/aromatic N) is 3. The van der Waals surface area contributed by atoms with Crippen LogP contribution >= 0.6 is 11.3 Å². The summed E-state index contributed by atoms with van der Waals surface area (Å²) >= 11 is 1.45. The number of carbonyl (C=O) groups is 1. The number of aromatic nitrogens is 2. The number of nitrogens with one attached hydrogen (secondary N) is 1. The highest BCUT2D eigenvalue weighted by Gasteiger charge is 2.20. The van der Waals surface area contributed by atoms with E-state index in [1.807, 2.05) is 0 Å². The topological polar surface area (TPSA) is 107 Å². The van der Waals surface area contributed by atoms with E-state index in [1.54, 1.807) is 18.2 Å². The number of ether oxygens (including phenoxy) is 1. The van der Waals surface area contributed by atoms with Gasteiger partial charge in [-0.15, -0.1) is 10.2 Å². The second-order valence-corrected chi connectivity index (χ2v) is 7.51. The molecule has 1 saturated carbocycles. The van der Waals surface area contributed by atoms with Crippen molar-refractivity contribution in [2.45, 2.75) is 50.9 Å². The summed E-state index contributed by atoms with van der Waals surface area (Å²) in [4.78, 5) is 22.5. The molecule has 1 aromatic heterocycles. The number of nitro benzene ring substituents is 1. The van der Waals surface area contributed by atoms with Crippen LogP contribution in [0, 0.1) is 10.1 Å². The van der Waals surface area contributed by atoms with Gasteiger partial charge in [-0.3, -0.25) is 14.9 Å². The molecule has 0 aliphatic heterocycles. The lowest BCUT2D eigenvalue weighted by molar-refractivity contribution is -0.385. The SMILES string of the molecule is O=C(CCCOc1ccccc1[N+](=O)[O-])Nc1nnc(C2CCCCC2)s1. The Morgan fingerprint density at radius 2 is 2.04 bits per heavy atom. The zero-order chi connectivity index (χ0) is 19.1. The van der Waals surface area contributed by atoms with Crippen LogP contribution in [0.15, 0.2) is 24.3 Å². The number of amides is 1. The van der Waals surface area contributed by atoms with E-state index in [9.17, 15) is 14.9 Å². The molecule has 9 heteroatoms. The molecule has 1 aliphatic carbocycles. The summed E-state index contributed by atoms with van der Waals surface area (Å²) in [5.41, 5.74) is -0.0777. The van der Waals surface area contributed by atoms with Crippen molar-refractivity contribution in [3.8, 4) is 5.75 Å². The van der Waals surface area contributed by atoms with Gasteiger partial charge in [-0.25, -0.2) is 0 Å². The number of nitro groups is 1. The molecule has 0 unspecified atom stereocenters. The van der Waals surface area contributed by atoms with Crippen LogP contribution in [-0.2, 0) is 4.79 Å². The maximum Gasteiger partial charge on any atom is 0.310 e. The third-order valence-electron chi connectivity index (χ3n) is 4.51. The Morgan fingerprint density at radius 3 is 2.81 bits per heavy atom. The molecular formula is C18H22N4O4S. The molecule has 0 atom stereocenters. The quantitative estimate of drug-likeness (QED) is 0.409. The molecule has 144 valence electrons. The summed E-state index contributed by atoms with van der Waals surface area (Å²) in [6.45, 7) is 0.224. The molecule has 1 heterocycles. The van der Waals surface area contributed by atoms with Crippen molar-refractivity contribution in [1.29, 1.82) is 0 Å². The minimum Gasteiger partial charge on any atom is -0.487 e. The maximum atomic E-state index is 12.0. The standard InChI is InChI=1S/C18H22N4O4S/c23-16(11-6-12-26-15-10-5-4-9-14(15)22(24)25)19-18-21-20-17(27-18)13-7-2-1-3-8-13/h4-5,9-10,13H,1-3,6-8,11-12H2,(H,19,21,23). The number of anilines is 1. The first-order valence-corrected chi connectivity index (χ1v) is 9.94. The Morgan fingerprint density at radius 1 is 1.26 bits per heavy atom. The van der Waals surface area contributed by atoms with Gasteiger partial charge in [0.25, 0.3) is 0 Å². The molecule has 27 heavy (non-hydrogen) atoms. The lowest BCUT2D eigenvalue weighted by Crippen LogP contribution is -2.12. The highest BCUT2D eigenvalue weighted by Crippen LogP contribution is 2.35. The van der Waals surface area contributed by atoms with Gasteiger partial charge in [-0.2, -0.15) is 0 Å². The fraction of sp³-hybridized carbons (Fsp3) is 0.500. The first-order chi connectivity index (χ1) is 13.1. The highest BCUT2D eigenvalue weighted by molar-refractivity contribution is 7.15. The van der Waals surface area contributed by atoms with Crippen molar-refractivity contribution in [2.75, 3.05) is 11.9 Å². The van der Waals surface area contributed by atoms with Crippen molar-refractivity contribution in [3.05, 3.63) is 39.4 Å². The van der Waals surface area contributed by atoms with E-state index in [-0.39, 0.29) is 30.4 Å². The van der Waals surface area contributed by atoms with Crippen LogP contribution in [0.5, 0.6) is 5.75 Å². The number of hydrogen-bond acceptors (Lipinski definition) is 7. The summed E-state index contributed by atoms with van der Waals surface area (Å²) in [7, 11) is 0. The largest absolute Gasteiger partial charge is 0.487 e. The number of para-hydroxylation sites is 2. The van der Waals surface area contributed by atoms with Crippen LogP contribution in [0.3, 0.4) is 0 Å². The molecule has 3 rings (SSSR count). The highest BCUT2D eigenvalue weighted by atomic mass is 32.1. The first-order valence-electron chi connectivity index (χ1n) is 9.13. The van der Waals surface area contributed by atoms with Crippen LogP contribution in [0.4, 0.5) is 10.8 Å². The lowest BCUT2D eigenvalue weighted by Gasteiger charge is -2.18. The summed E-state index contributed by atoms with van der Waals surface area (Å²) in [6, 6.07) is 6.20. The van der Waals surface area contributed by atoms with Gasteiger partial charge in [-0.05, 0) is 25.3 Å². The van der Waals surface area contributed by atoms with Crippen LogP contribution in [0.25, 0.3) is 0 Å². The Hall–Kier alpha value is -2.55. The molecule has 0 bridgehead atoms. The maximum absolute atomic E-state index is 12.0. The van der Waals surface area contributed by atoms with Crippen molar-refractivity contribution < 1.29 is 14.5 Å². The predicted molar refractivity (Wildman–Crippen MR) is 102 cm³/mol. The van der Waals surface area contributed by atoms with E-state index in [4.69, 9.17) is 4.74 Å². The molecule has 2 aromatic rings. The zero-order valence-corrected chi connectivity index (χ0v) is 15.7. The second-order valence-electron chi connectivity index (χ2n) is 6.51. The molecule has 0 saturated heterocycles. The number of hydrogen-bond donors (Lipinski definition) is 1. The normalized spacial score (nSPS) is 14.7. The monoisotopic (exact) mass is 390 g/mol. The second kappa shape index (κ2) is 9.40. The van der Waals surface area contributed by atoms with E-state index in [0.29, 0.717) is 17.5 Å². The van der Waals surface area contributed by atoms with Gasteiger partial charge >= 0.3 is 5.69 Å². The number of benzene rings is 1. The van der Waals surface area contributed by atoms with Crippen LogP contribution in [-0.4, -0.2) is 27.6 Å². The van der Waals surface area contributed by atoms with Gasteiger partial charge in [0, 0.05) is 18.4 Å². The van der Waals surface area contributed by atoms with Gasteiger partial charge in [0.05, 0.1) is 11.5 Å². The fourth-order valence-electron chi connectivity index (χ4n) is 3.13. The Kier molecular flexibility index (Phi) is 6.69. The van der Waals surface area contributed by atoms with Gasteiger partial charge in [0.15, 0.2) is 5.75 Å². The van der Waals surface area contributed by atoms with Crippen molar-refractivity contribution >= 4 is 28.1 Å². The Balaban J connectivity index is 1.41. The minimum atomic E-state index is -0.485. The average Bonchev–Trinajstić information content (AvgIpc) is 3.14. The molecule has 1 aliphatic rings. The van der Waals surface area contributed by atoms with Crippen LogP contribution in [0.2, 0.25) is 0 Å². The van der Waals surface area contributed by atoms with E-state index in [0.717, 1.165) is 17.8 Å². The summed E-state index contributed by atoms with van der Waals surface area (Å²) in [5, 5.41) is 23.5. The summed E-state index contributed by atoms with van der Waals surface area (Å²) in [5.74, 6) is 0.522. The van der Waals surface area contributed by atoms with E-state index in [1.165, 1.54) is 36.7 Å². The molecule has 0 radical (unpaired) electrons. The van der Waals surface area contributed by atoms with Crippen molar-refractivity contribution in [3.63, 3.8) is 0 Å². The van der Waals surface area contributed by atoms with Crippen LogP contribution in [0.1, 0.15) is 55.9 Å². The number of rotatable bonds is 8. The van der Waals surface area contributed by atoms with Gasteiger partial charge in [0.1, 0.15) is 5.01 Å². The molecular weight excluding hydrogens is 368 g/mol. The van der Waals surface area contributed by atoms with Gasteiger partial charge < -0.3 is 10.1 Å². The first kappa shape index (κ1) is 19.2. The molecule has 8 nitrogen and oxygen atoms in total. The van der Waals surface area contributed by atoms with Crippen LogP contribution < -0.4 is 10.1 Å². The van der Waals surface area contributed by atoms with Gasteiger partial charge in [0.2, 0.25) is 11.0 Å². The molecule has 0 spiro atoms. The summed E-state index contributed by atoms with van der Waals surface area (Å²) in [6.07, 6.45) is 6.73. The Bertz CT molecular complexity index is 789. The minimum absolute atomic E-state index is 0.0777. The van der Waals surface area contributed by atoms with Gasteiger partial charge in [-0.1, -0.05) is 42.7 Å². The number of carbonyl (C=O) groups excluding carboxylic acids is 1.